The average molecular weight is 200 g/mol. The topological polar surface area (TPSA) is 33.1 Å². The number of rotatable bonds is 2. The molecule has 0 unspecified atom stereocenters. The highest BCUT2D eigenvalue weighted by atomic mass is 35.5. The van der Waals surface area contributed by atoms with Gasteiger partial charge in [0.2, 0.25) is 0 Å². The fourth-order valence-corrected chi connectivity index (χ4v) is 1.36. The van der Waals surface area contributed by atoms with Gasteiger partial charge in [-0.15, -0.1) is 35.3 Å². The fourth-order valence-electron chi connectivity index (χ4n) is 0.483. The molecule has 0 atom stereocenters. The lowest BCUT2D eigenvalue weighted by Gasteiger charge is -1.81. The number of alkyl halides is 1. The number of hydrogen-bond donors (Lipinski definition) is 1. The average Bonchev–Trinajstić information content (AvgIpc) is 2.34. The number of hydrogen-bond acceptors (Lipinski definition) is 3. The van der Waals surface area contributed by atoms with E-state index in [1.54, 1.807) is 0 Å². The molecule has 1 heterocycles. The molecule has 0 spiro atoms. The molecule has 0 radical (unpaired) electrons. The lowest BCUT2D eigenvalue weighted by Crippen LogP contribution is -1.81. The van der Waals surface area contributed by atoms with Gasteiger partial charge < -0.3 is 5.11 Å². The quantitative estimate of drug-likeness (QED) is 0.738. The van der Waals surface area contributed by atoms with E-state index in [-0.39, 0.29) is 19.0 Å². The van der Waals surface area contributed by atoms with Crippen LogP contribution in [-0.2, 0) is 12.5 Å². The molecule has 1 N–H and O–H groups in total. The molecule has 0 saturated heterocycles. The molecule has 5 heteroatoms. The Kier molecular flexibility index (Phi) is 4.99. The van der Waals surface area contributed by atoms with Gasteiger partial charge in [0.1, 0.15) is 5.01 Å². The van der Waals surface area contributed by atoms with Crippen molar-refractivity contribution in [2.24, 2.45) is 0 Å². The van der Waals surface area contributed by atoms with Crippen molar-refractivity contribution in [1.82, 2.24) is 4.98 Å². The molecule has 0 aliphatic heterocycles. The molecule has 0 fully saturated rings. The van der Waals surface area contributed by atoms with Crippen LogP contribution in [0.25, 0.3) is 0 Å². The summed E-state index contributed by atoms with van der Waals surface area (Å²) in [4.78, 5) is 3.98. The fraction of sp³-hybridized carbons (Fsp3) is 0.400. The van der Waals surface area contributed by atoms with E-state index in [1.807, 2.05) is 5.38 Å². The number of aliphatic hydroxyl groups excluding tert-OH is 1. The molecule has 1 aromatic heterocycles. The summed E-state index contributed by atoms with van der Waals surface area (Å²) in [6.07, 6.45) is 0. The Labute approximate surface area is 74.3 Å². The minimum absolute atomic E-state index is 0. The maximum Gasteiger partial charge on any atom is 0.118 e. The van der Waals surface area contributed by atoms with E-state index in [0.29, 0.717) is 5.88 Å². The van der Waals surface area contributed by atoms with Crippen LogP contribution in [0.1, 0.15) is 10.7 Å². The van der Waals surface area contributed by atoms with E-state index >= 15 is 0 Å². The van der Waals surface area contributed by atoms with Crippen LogP contribution in [0.2, 0.25) is 0 Å². The van der Waals surface area contributed by atoms with E-state index in [9.17, 15) is 0 Å². The first-order valence-electron chi connectivity index (χ1n) is 2.47. The van der Waals surface area contributed by atoms with Crippen LogP contribution < -0.4 is 0 Å². The van der Waals surface area contributed by atoms with E-state index in [4.69, 9.17) is 16.7 Å². The van der Waals surface area contributed by atoms with E-state index in [1.165, 1.54) is 11.3 Å². The smallest absolute Gasteiger partial charge is 0.118 e. The van der Waals surface area contributed by atoms with E-state index in [0.717, 1.165) is 10.7 Å². The van der Waals surface area contributed by atoms with Crippen molar-refractivity contribution < 1.29 is 5.11 Å². The largest absolute Gasteiger partial charge is 0.389 e. The molecule has 0 saturated carbocycles. The predicted octanol–water partition coefficient (Wildman–Crippen LogP) is 1.80. The number of aromatic nitrogens is 1. The molecule has 0 aromatic carbocycles. The van der Waals surface area contributed by atoms with E-state index in [2.05, 4.69) is 4.98 Å². The summed E-state index contributed by atoms with van der Waals surface area (Å²) in [6, 6.07) is 0. The maximum atomic E-state index is 8.55. The maximum absolute atomic E-state index is 8.55. The van der Waals surface area contributed by atoms with Gasteiger partial charge in [0, 0.05) is 5.38 Å². The molecule has 10 heavy (non-hydrogen) atoms. The SMILES string of the molecule is Cl.OCc1nc(CCl)cs1. The summed E-state index contributed by atoms with van der Waals surface area (Å²) in [5, 5.41) is 11.1. The predicted molar refractivity (Wildman–Crippen MR) is 44.8 cm³/mol. The third-order valence-electron chi connectivity index (χ3n) is 0.871. The Hall–Kier alpha value is 0.170. The van der Waals surface area contributed by atoms with Crippen LogP contribution in [-0.4, -0.2) is 10.1 Å². The van der Waals surface area contributed by atoms with Gasteiger partial charge in [-0.3, -0.25) is 0 Å². The summed E-state index contributed by atoms with van der Waals surface area (Å²) < 4.78 is 0. The Bertz CT molecular complexity index is 173. The molecule has 1 aromatic rings. The molecule has 0 bridgehead atoms. The van der Waals surface area contributed by atoms with Crippen LogP contribution in [0.15, 0.2) is 5.38 Å². The second-order valence-corrected chi connectivity index (χ2v) is 2.73. The Morgan fingerprint density at radius 1 is 1.70 bits per heavy atom. The van der Waals surface area contributed by atoms with Crippen molar-refractivity contribution >= 4 is 35.3 Å². The van der Waals surface area contributed by atoms with Crippen LogP contribution in [0.4, 0.5) is 0 Å². The van der Waals surface area contributed by atoms with Gasteiger partial charge in [0.05, 0.1) is 18.2 Å². The zero-order chi connectivity index (χ0) is 6.69. The van der Waals surface area contributed by atoms with Gasteiger partial charge in [-0.05, 0) is 0 Å². The first-order valence-corrected chi connectivity index (χ1v) is 3.88. The van der Waals surface area contributed by atoms with Crippen molar-refractivity contribution in [3.8, 4) is 0 Å². The summed E-state index contributed by atoms with van der Waals surface area (Å²) in [5.41, 5.74) is 0.839. The van der Waals surface area contributed by atoms with E-state index < -0.39 is 0 Å². The summed E-state index contributed by atoms with van der Waals surface area (Å²) >= 11 is 6.89. The van der Waals surface area contributed by atoms with Gasteiger partial charge in [-0.25, -0.2) is 4.98 Å². The van der Waals surface area contributed by atoms with Crippen molar-refractivity contribution in [2.45, 2.75) is 12.5 Å². The zero-order valence-corrected chi connectivity index (χ0v) is 7.47. The first-order chi connectivity index (χ1) is 4.36. The summed E-state index contributed by atoms with van der Waals surface area (Å²) in [6.45, 7) is 0.0154. The van der Waals surface area contributed by atoms with Gasteiger partial charge >= 0.3 is 0 Å². The Balaban J connectivity index is 0.000000810. The van der Waals surface area contributed by atoms with Gasteiger partial charge in [-0.2, -0.15) is 0 Å². The van der Waals surface area contributed by atoms with Crippen molar-refractivity contribution in [1.29, 1.82) is 0 Å². The normalized spacial score (nSPS) is 9.00. The molecular weight excluding hydrogens is 193 g/mol. The minimum Gasteiger partial charge on any atom is -0.389 e. The lowest BCUT2D eigenvalue weighted by atomic mass is 10.6. The van der Waals surface area contributed by atoms with Crippen LogP contribution in [0.3, 0.4) is 0 Å². The summed E-state index contributed by atoms with van der Waals surface area (Å²) in [7, 11) is 0. The van der Waals surface area contributed by atoms with Gasteiger partial charge in [0.25, 0.3) is 0 Å². The van der Waals surface area contributed by atoms with Gasteiger partial charge in [0.15, 0.2) is 0 Å². The van der Waals surface area contributed by atoms with Crippen LogP contribution in [0.5, 0.6) is 0 Å². The van der Waals surface area contributed by atoms with Crippen molar-refractivity contribution in [2.75, 3.05) is 0 Å². The number of halogens is 2. The second kappa shape index (κ2) is 4.91. The van der Waals surface area contributed by atoms with Crippen LogP contribution in [0, 0.1) is 0 Å². The van der Waals surface area contributed by atoms with Gasteiger partial charge in [-0.1, -0.05) is 0 Å². The first kappa shape index (κ1) is 10.2. The Morgan fingerprint density at radius 2 is 2.40 bits per heavy atom. The highest BCUT2D eigenvalue weighted by molar-refractivity contribution is 7.09. The molecule has 0 amide bonds. The lowest BCUT2D eigenvalue weighted by molar-refractivity contribution is 0.281. The molecule has 58 valence electrons. The molecule has 2 nitrogen and oxygen atoms in total. The summed E-state index contributed by atoms with van der Waals surface area (Å²) in [5.74, 6) is 0.427. The molecule has 0 aliphatic rings. The standard InChI is InChI=1S/C5H6ClNOS.ClH/c6-1-4-3-9-5(2-8)7-4;/h3,8H,1-2H2;1H. The Morgan fingerprint density at radius 3 is 2.70 bits per heavy atom. The monoisotopic (exact) mass is 199 g/mol. The third kappa shape index (κ3) is 2.42. The third-order valence-corrected chi connectivity index (χ3v) is 2.03. The molecule has 1 rings (SSSR count). The van der Waals surface area contributed by atoms with Crippen molar-refractivity contribution in [3.05, 3.63) is 16.1 Å². The molecule has 0 aliphatic carbocycles. The molecular formula is C5H7Cl2NOS. The highest BCUT2D eigenvalue weighted by Crippen LogP contribution is 2.10. The highest BCUT2D eigenvalue weighted by Gasteiger charge is 1.96. The second-order valence-electron chi connectivity index (χ2n) is 1.52. The minimum atomic E-state index is 0. The number of nitrogens with zero attached hydrogens (tertiary/aromatic N) is 1. The van der Waals surface area contributed by atoms with Crippen molar-refractivity contribution in [3.63, 3.8) is 0 Å². The zero-order valence-electron chi connectivity index (χ0n) is 5.08. The number of aliphatic hydroxyl groups is 1. The van der Waals surface area contributed by atoms with Crippen LogP contribution >= 0.6 is 35.3 Å². The number of thiazole rings is 1.